The molecule has 0 saturated carbocycles. The van der Waals surface area contributed by atoms with E-state index >= 15 is 0 Å². The van der Waals surface area contributed by atoms with Gasteiger partial charge in [0.2, 0.25) is 0 Å². The van der Waals surface area contributed by atoms with Crippen LogP contribution in [0.4, 0.5) is 0 Å². The summed E-state index contributed by atoms with van der Waals surface area (Å²) in [6.45, 7) is 11.1. The van der Waals surface area contributed by atoms with Crippen LogP contribution in [0.2, 0.25) is 0 Å². The van der Waals surface area contributed by atoms with Crippen molar-refractivity contribution in [2.75, 3.05) is 13.7 Å². The highest BCUT2D eigenvalue weighted by Crippen LogP contribution is 2.41. The Balaban J connectivity index is 0.000000307. The number of aliphatic imine (C=N–C) groups is 1. The van der Waals surface area contributed by atoms with Gasteiger partial charge in [0.25, 0.3) is 0 Å². The second-order valence-electron chi connectivity index (χ2n) is 9.73. The summed E-state index contributed by atoms with van der Waals surface area (Å²) >= 11 is 0. The summed E-state index contributed by atoms with van der Waals surface area (Å²) in [6, 6.07) is 16.1. The zero-order chi connectivity index (χ0) is 28.6. The summed E-state index contributed by atoms with van der Waals surface area (Å²) in [7, 11) is 1.63. The highest BCUT2D eigenvalue weighted by molar-refractivity contribution is 6.02. The smallest absolute Gasteiger partial charge is 0.336 e. The Kier molecular flexibility index (Phi) is 9.17. The number of carbonyl (C=O) groups excluding carboxylic acids is 2. The Bertz CT molecular complexity index is 1540. The first kappa shape index (κ1) is 28.4. The van der Waals surface area contributed by atoms with Crippen molar-refractivity contribution in [1.82, 2.24) is 10.3 Å². The lowest BCUT2D eigenvalue weighted by atomic mass is 9.78. The third-order valence-electron chi connectivity index (χ3n) is 7.21. The van der Waals surface area contributed by atoms with E-state index in [0.717, 1.165) is 17.0 Å². The first-order valence-electron chi connectivity index (χ1n) is 13.2. The van der Waals surface area contributed by atoms with E-state index in [0.29, 0.717) is 35.4 Å². The molecule has 7 nitrogen and oxygen atoms in total. The minimum atomic E-state index is -0.468. The maximum absolute atomic E-state index is 12.9. The van der Waals surface area contributed by atoms with Crippen LogP contribution >= 0.6 is 0 Å². The Morgan fingerprint density at radius 3 is 2.62 bits per heavy atom. The lowest BCUT2D eigenvalue weighted by Crippen LogP contribution is -2.32. The number of hydrogen-bond donors (Lipinski definition) is 2. The van der Waals surface area contributed by atoms with Gasteiger partial charge in [-0.1, -0.05) is 43.5 Å². The number of aryl methyl sites for hydroxylation is 1. The maximum Gasteiger partial charge on any atom is 0.336 e. The highest BCUT2D eigenvalue weighted by Gasteiger charge is 2.34. The second-order valence-corrected chi connectivity index (χ2v) is 9.73. The summed E-state index contributed by atoms with van der Waals surface area (Å²) in [4.78, 5) is 32.7. The molecule has 1 atom stereocenters. The number of nitrogens with zero attached hydrogens (tertiary/aromatic N) is 1. The van der Waals surface area contributed by atoms with Gasteiger partial charge in [0.05, 0.1) is 18.4 Å². The number of allylic oxidation sites excluding steroid dienone is 3. The zero-order valence-electron chi connectivity index (χ0n) is 23.3. The number of benzene rings is 2. The Morgan fingerprint density at radius 2 is 1.90 bits per heavy atom. The number of carbonyl (C=O) groups is 2. The minimum Gasteiger partial charge on any atom is -0.496 e. The number of nitrogens with one attached hydrogen (secondary N) is 2. The van der Waals surface area contributed by atoms with Gasteiger partial charge in [-0.25, -0.2) is 4.79 Å². The number of H-pyrrole nitrogens is 1. The van der Waals surface area contributed by atoms with Crippen molar-refractivity contribution >= 4 is 28.4 Å². The molecule has 1 aliphatic heterocycles. The monoisotopic (exact) mass is 537 g/mol. The molecule has 0 bridgehead atoms. The van der Waals surface area contributed by atoms with Gasteiger partial charge >= 0.3 is 5.97 Å². The van der Waals surface area contributed by atoms with E-state index in [4.69, 9.17) is 9.47 Å². The van der Waals surface area contributed by atoms with Crippen molar-refractivity contribution in [2.45, 2.75) is 39.0 Å². The fraction of sp³-hybridized carbons (Fsp3) is 0.242. The lowest BCUT2D eigenvalue weighted by molar-refractivity contribution is -0.137. The molecule has 2 N–H and O–H groups in total. The first-order valence-corrected chi connectivity index (χ1v) is 13.2. The molecule has 0 fully saturated rings. The topological polar surface area (TPSA) is 92.8 Å². The van der Waals surface area contributed by atoms with Gasteiger partial charge in [-0.2, -0.15) is 0 Å². The van der Waals surface area contributed by atoms with Crippen LogP contribution in [0.15, 0.2) is 108 Å². The van der Waals surface area contributed by atoms with Crippen LogP contribution < -0.4 is 10.1 Å². The van der Waals surface area contributed by atoms with Crippen molar-refractivity contribution in [2.24, 2.45) is 4.99 Å². The van der Waals surface area contributed by atoms with Gasteiger partial charge in [0.15, 0.2) is 5.78 Å². The molecule has 7 heteroatoms. The molecule has 3 aromatic rings. The molecule has 0 unspecified atom stereocenters. The first-order chi connectivity index (χ1) is 19.4. The number of aromatic nitrogens is 1. The Morgan fingerprint density at radius 1 is 1.10 bits per heavy atom. The maximum atomic E-state index is 12.9. The van der Waals surface area contributed by atoms with Crippen molar-refractivity contribution in [3.8, 4) is 5.75 Å². The van der Waals surface area contributed by atoms with Gasteiger partial charge in [-0.3, -0.25) is 9.79 Å². The number of methoxy groups -OCH3 is 1. The predicted octanol–water partition coefficient (Wildman–Crippen LogP) is 6.45. The predicted molar refractivity (Wildman–Crippen MR) is 159 cm³/mol. The summed E-state index contributed by atoms with van der Waals surface area (Å²) < 4.78 is 10.8. The van der Waals surface area contributed by atoms with Crippen LogP contribution in [0.3, 0.4) is 0 Å². The van der Waals surface area contributed by atoms with Crippen LogP contribution in [0.25, 0.3) is 10.9 Å². The van der Waals surface area contributed by atoms with E-state index in [1.807, 2.05) is 37.4 Å². The molecule has 40 heavy (non-hydrogen) atoms. The molecule has 5 rings (SSSR count). The lowest BCUT2D eigenvalue weighted by Gasteiger charge is -2.32. The van der Waals surface area contributed by atoms with Crippen LogP contribution in [0.5, 0.6) is 5.75 Å². The van der Waals surface area contributed by atoms with Gasteiger partial charge < -0.3 is 19.8 Å². The van der Waals surface area contributed by atoms with Crippen LogP contribution in [-0.2, 0) is 14.3 Å². The summed E-state index contributed by atoms with van der Waals surface area (Å²) in [5, 5.41) is 4.60. The number of hydrogen-bond acceptors (Lipinski definition) is 6. The van der Waals surface area contributed by atoms with Crippen LogP contribution in [-0.4, -0.2) is 36.2 Å². The molecule has 0 saturated heterocycles. The van der Waals surface area contributed by atoms with Gasteiger partial charge in [0, 0.05) is 59.0 Å². The van der Waals surface area contributed by atoms with Crippen molar-refractivity contribution < 1.29 is 19.1 Å². The molecular weight excluding hydrogens is 502 g/mol. The Labute approximate surface area is 235 Å². The molecular formula is C33H35N3O4. The number of ether oxygens (including phenoxy) is 2. The number of fused-ring (bicyclic) bond motifs is 1. The minimum absolute atomic E-state index is 0.000854. The number of Topliss-reactive ketones (excluding diaryl/α,β-unsaturated/α-hetero) is 1. The molecule has 206 valence electrons. The Hall–Kier alpha value is -4.65. The number of dihydropyridines is 1. The fourth-order valence-corrected chi connectivity index (χ4v) is 5.08. The number of ketones is 1. The number of rotatable bonds is 7. The largest absolute Gasteiger partial charge is 0.496 e. The zero-order valence-corrected chi connectivity index (χ0v) is 23.3. The molecule has 0 amide bonds. The van der Waals surface area contributed by atoms with E-state index in [1.54, 1.807) is 7.11 Å². The van der Waals surface area contributed by atoms with E-state index in [1.165, 1.54) is 28.7 Å². The summed E-state index contributed by atoms with van der Waals surface area (Å²) in [5.74, 6) is 0.389. The average Bonchev–Trinajstić information content (AvgIpc) is 3.45. The van der Waals surface area contributed by atoms with Crippen molar-refractivity contribution in [3.05, 3.63) is 114 Å². The molecule has 1 aromatic heterocycles. The number of esters is 1. The van der Waals surface area contributed by atoms with Crippen molar-refractivity contribution in [3.63, 3.8) is 0 Å². The third-order valence-corrected chi connectivity index (χ3v) is 7.21. The van der Waals surface area contributed by atoms with E-state index in [9.17, 15) is 9.59 Å². The highest BCUT2D eigenvalue weighted by atomic mass is 16.5. The average molecular weight is 538 g/mol. The summed E-state index contributed by atoms with van der Waals surface area (Å²) in [6.07, 6.45) is 6.19. The molecule has 0 radical (unpaired) electrons. The van der Waals surface area contributed by atoms with Gasteiger partial charge in [0.1, 0.15) is 12.4 Å². The third kappa shape index (κ3) is 6.31. The SMILES string of the molecule is C=CN=C(C=C)COC(=O)C1=C(C)NC2=C(C1)C(=O)C[C@H](c1ccccc1OC)C2.Cc1cccc2[nH]ccc12. The number of para-hydroxylation sites is 1. The van der Waals surface area contributed by atoms with Crippen molar-refractivity contribution in [1.29, 1.82) is 0 Å². The molecule has 2 heterocycles. The summed E-state index contributed by atoms with van der Waals surface area (Å²) in [5.41, 5.74) is 6.77. The van der Waals surface area contributed by atoms with Gasteiger partial charge in [-0.15, -0.1) is 0 Å². The normalized spacial score (nSPS) is 16.9. The van der Waals surface area contributed by atoms with Gasteiger partial charge in [-0.05, 0) is 55.7 Å². The second kappa shape index (κ2) is 12.9. The van der Waals surface area contributed by atoms with E-state index in [-0.39, 0.29) is 24.7 Å². The number of aromatic amines is 1. The molecule has 2 aromatic carbocycles. The van der Waals surface area contributed by atoms with Crippen LogP contribution in [0, 0.1) is 6.92 Å². The fourth-order valence-electron chi connectivity index (χ4n) is 5.08. The molecule has 2 aliphatic rings. The molecule has 1 aliphatic carbocycles. The molecule has 0 spiro atoms. The van der Waals surface area contributed by atoms with E-state index in [2.05, 4.69) is 59.6 Å². The van der Waals surface area contributed by atoms with E-state index < -0.39 is 5.97 Å². The quantitative estimate of drug-likeness (QED) is 0.267. The van der Waals surface area contributed by atoms with Crippen LogP contribution in [0.1, 0.15) is 43.2 Å². The standard InChI is InChI=1S/C24H26N2O4.C9H9N/c1-5-17(25-6-2)14-30-24(28)19-13-20-21(26-15(19)3)11-16(12-22(20)27)18-9-7-8-10-23(18)29-4;1-7-3-2-4-9-8(7)5-6-10-9/h5-10,16,26H,1-2,11-14H2,3-4H3;2-6,10H,1H3/t16-;/m1./s1.